The van der Waals surface area contributed by atoms with Gasteiger partial charge in [0.1, 0.15) is 10.6 Å². The van der Waals surface area contributed by atoms with E-state index >= 15 is 0 Å². The predicted octanol–water partition coefficient (Wildman–Crippen LogP) is 3.61. The number of rotatable bonds is 8. The van der Waals surface area contributed by atoms with Gasteiger partial charge in [0.05, 0.1) is 7.11 Å². The summed E-state index contributed by atoms with van der Waals surface area (Å²) in [6.45, 7) is 4.49. The van der Waals surface area contributed by atoms with E-state index in [9.17, 15) is 8.42 Å². The number of nitrogens with zero attached hydrogens (tertiary/aromatic N) is 1. The molecule has 2 aliphatic rings. The van der Waals surface area contributed by atoms with Crippen molar-refractivity contribution in [1.82, 2.24) is 9.62 Å². The fourth-order valence-electron chi connectivity index (χ4n) is 4.74. The lowest BCUT2D eigenvalue weighted by Crippen LogP contribution is -2.35. The maximum Gasteiger partial charge on any atom is 0.244 e. The third-order valence-corrected chi connectivity index (χ3v) is 7.69. The van der Waals surface area contributed by atoms with Gasteiger partial charge in [0.15, 0.2) is 0 Å². The first-order valence-electron chi connectivity index (χ1n) is 10.5. The summed E-state index contributed by atoms with van der Waals surface area (Å²) in [6.07, 6.45) is 5.33. The molecule has 1 N–H and O–H groups in total. The van der Waals surface area contributed by atoms with Gasteiger partial charge in [0.2, 0.25) is 10.0 Å². The molecule has 0 saturated carbocycles. The summed E-state index contributed by atoms with van der Waals surface area (Å²) in [5.74, 6) is 0.390. The van der Waals surface area contributed by atoms with Crippen LogP contribution in [0.4, 0.5) is 0 Å². The molecule has 29 heavy (non-hydrogen) atoms. The minimum atomic E-state index is -3.56. The van der Waals surface area contributed by atoms with Crippen molar-refractivity contribution in [1.29, 1.82) is 0 Å². The average molecular weight is 415 g/mol. The molecule has 1 heterocycles. The maximum absolute atomic E-state index is 12.6. The van der Waals surface area contributed by atoms with E-state index in [2.05, 4.69) is 27.8 Å². The molecular formula is C23H30N2O3S. The maximum atomic E-state index is 12.6. The smallest absolute Gasteiger partial charge is 0.244 e. The van der Waals surface area contributed by atoms with E-state index in [4.69, 9.17) is 4.74 Å². The Hall–Kier alpha value is -1.89. The summed E-state index contributed by atoms with van der Waals surface area (Å²) in [4.78, 5) is 2.80. The lowest BCUT2D eigenvalue weighted by Gasteiger charge is -2.35. The monoisotopic (exact) mass is 414 g/mol. The molecule has 0 spiro atoms. The first-order chi connectivity index (χ1) is 14.0. The van der Waals surface area contributed by atoms with Gasteiger partial charge < -0.3 is 4.74 Å². The first-order valence-corrected chi connectivity index (χ1v) is 12.0. The Balaban J connectivity index is 1.29. The number of hydrogen-bond acceptors (Lipinski definition) is 4. The Morgan fingerprint density at radius 3 is 2.72 bits per heavy atom. The molecule has 4 rings (SSSR count). The van der Waals surface area contributed by atoms with Gasteiger partial charge in [-0.15, -0.1) is 0 Å². The fraction of sp³-hybridized carbons (Fsp3) is 0.478. The van der Waals surface area contributed by atoms with Gasteiger partial charge in [-0.05, 0) is 80.0 Å². The Kier molecular flexibility index (Phi) is 5.95. The molecule has 1 aliphatic carbocycles. The van der Waals surface area contributed by atoms with E-state index in [1.165, 1.54) is 31.1 Å². The second kappa shape index (κ2) is 8.46. The van der Waals surface area contributed by atoms with Gasteiger partial charge in [0, 0.05) is 19.1 Å². The zero-order chi connectivity index (χ0) is 20.4. The Morgan fingerprint density at radius 1 is 1.14 bits per heavy atom. The molecular weight excluding hydrogens is 384 g/mol. The van der Waals surface area contributed by atoms with Gasteiger partial charge >= 0.3 is 0 Å². The summed E-state index contributed by atoms with van der Waals surface area (Å²) < 4.78 is 33.2. The number of aryl methyl sites for hydroxylation is 2. The van der Waals surface area contributed by atoms with E-state index in [0.29, 0.717) is 18.3 Å². The quantitative estimate of drug-likeness (QED) is 0.671. The van der Waals surface area contributed by atoms with Crippen LogP contribution in [0.15, 0.2) is 41.3 Å². The van der Waals surface area contributed by atoms with E-state index in [1.54, 1.807) is 23.8 Å². The molecule has 1 unspecified atom stereocenters. The van der Waals surface area contributed by atoms with E-state index in [1.807, 2.05) is 6.92 Å². The van der Waals surface area contributed by atoms with E-state index < -0.39 is 10.0 Å². The molecule has 0 bridgehead atoms. The van der Waals surface area contributed by atoms with Gasteiger partial charge in [-0.1, -0.05) is 24.3 Å². The number of benzene rings is 2. The second-order valence-corrected chi connectivity index (χ2v) is 9.82. The highest BCUT2D eigenvalue weighted by Gasteiger charge is 2.32. The summed E-state index contributed by atoms with van der Waals surface area (Å²) >= 11 is 0. The van der Waals surface area contributed by atoms with Crippen LogP contribution in [0.25, 0.3) is 0 Å². The van der Waals surface area contributed by atoms with E-state index in [0.717, 1.165) is 37.9 Å². The highest BCUT2D eigenvalue weighted by atomic mass is 32.2. The van der Waals surface area contributed by atoms with Crippen molar-refractivity contribution in [3.8, 4) is 5.75 Å². The fourth-order valence-corrected chi connectivity index (χ4v) is 5.96. The standard InChI is InChI=1S/C23H30N2O3S/c1-17-8-11-22(21(16-17)28-2)29(26,27)24-13-3-4-14-25-15-12-19-7-5-6-18-9-10-20(25)23(18)19/h5-8,11,16,20,24H,3-4,9-10,12-15H2,1-2H3. The van der Waals surface area contributed by atoms with Crippen molar-refractivity contribution in [3.05, 3.63) is 58.7 Å². The second-order valence-electron chi connectivity index (χ2n) is 8.09. The topological polar surface area (TPSA) is 58.6 Å². The predicted molar refractivity (Wildman–Crippen MR) is 115 cm³/mol. The number of unbranched alkanes of at least 4 members (excludes halogenated alkanes) is 1. The van der Waals surface area contributed by atoms with Crippen LogP contribution in [-0.4, -0.2) is 40.1 Å². The molecule has 1 atom stereocenters. The van der Waals surface area contributed by atoms with Crippen molar-refractivity contribution in [3.63, 3.8) is 0 Å². The highest BCUT2D eigenvalue weighted by molar-refractivity contribution is 7.89. The molecule has 2 aromatic rings. The van der Waals surface area contributed by atoms with Crippen LogP contribution in [0.5, 0.6) is 5.75 Å². The zero-order valence-corrected chi connectivity index (χ0v) is 18.1. The van der Waals surface area contributed by atoms with Crippen molar-refractivity contribution < 1.29 is 13.2 Å². The largest absolute Gasteiger partial charge is 0.495 e. The number of ether oxygens (including phenoxy) is 1. The molecule has 0 saturated heterocycles. The Labute approximate surface area is 174 Å². The van der Waals surface area contributed by atoms with Crippen LogP contribution in [0.1, 0.15) is 47.6 Å². The summed E-state index contributed by atoms with van der Waals surface area (Å²) in [5, 5.41) is 0. The zero-order valence-electron chi connectivity index (χ0n) is 17.3. The first kappa shape index (κ1) is 20.4. The molecule has 2 aromatic carbocycles. The average Bonchev–Trinajstić information content (AvgIpc) is 3.15. The summed E-state index contributed by atoms with van der Waals surface area (Å²) in [5.41, 5.74) is 5.60. The summed E-state index contributed by atoms with van der Waals surface area (Å²) in [7, 11) is -2.06. The highest BCUT2D eigenvalue weighted by Crippen LogP contribution is 2.41. The third kappa shape index (κ3) is 4.20. The summed E-state index contributed by atoms with van der Waals surface area (Å²) in [6, 6.07) is 12.5. The molecule has 1 aliphatic heterocycles. The Morgan fingerprint density at radius 2 is 1.93 bits per heavy atom. The van der Waals surface area contributed by atoms with Crippen molar-refractivity contribution >= 4 is 10.0 Å². The molecule has 0 aromatic heterocycles. The van der Waals surface area contributed by atoms with Gasteiger partial charge in [-0.3, -0.25) is 4.90 Å². The number of methoxy groups -OCH3 is 1. The number of hydrogen-bond donors (Lipinski definition) is 1. The van der Waals surface area contributed by atoms with E-state index in [-0.39, 0.29) is 4.90 Å². The molecule has 6 heteroatoms. The van der Waals surface area contributed by atoms with Crippen LogP contribution < -0.4 is 9.46 Å². The lowest BCUT2D eigenvalue weighted by molar-refractivity contribution is 0.182. The van der Waals surface area contributed by atoms with Gasteiger partial charge in [-0.25, -0.2) is 13.1 Å². The minimum Gasteiger partial charge on any atom is -0.495 e. The van der Waals surface area contributed by atoms with Crippen molar-refractivity contribution in [2.75, 3.05) is 26.7 Å². The molecule has 0 fully saturated rings. The Bertz CT molecular complexity index is 988. The SMILES string of the molecule is COc1cc(C)ccc1S(=O)(=O)NCCCCN1CCc2cccc3c2C1CC3. The van der Waals surface area contributed by atoms with Gasteiger partial charge in [-0.2, -0.15) is 0 Å². The van der Waals surface area contributed by atoms with Crippen LogP contribution in [0.3, 0.4) is 0 Å². The van der Waals surface area contributed by atoms with Crippen LogP contribution >= 0.6 is 0 Å². The lowest BCUT2D eigenvalue weighted by atomic mass is 9.93. The minimum absolute atomic E-state index is 0.205. The molecule has 0 amide bonds. The van der Waals surface area contributed by atoms with Gasteiger partial charge in [0.25, 0.3) is 0 Å². The number of sulfonamides is 1. The molecule has 5 nitrogen and oxygen atoms in total. The molecule has 0 radical (unpaired) electrons. The van der Waals surface area contributed by atoms with Crippen LogP contribution in [0, 0.1) is 6.92 Å². The number of nitrogens with one attached hydrogen (secondary N) is 1. The molecule has 156 valence electrons. The van der Waals surface area contributed by atoms with Crippen LogP contribution in [-0.2, 0) is 22.9 Å². The normalized spacial score (nSPS) is 18.6. The van der Waals surface area contributed by atoms with Crippen molar-refractivity contribution in [2.24, 2.45) is 0 Å². The van der Waals surface area contributed by atoms with Crippen LogP contribution in [0.2, 0.25) is 0 Å². The van der Waals surface area contributed by atoms with Crippen molar-refractivity contribution in [2.45, 2.75) is 50.0 Å². The third-order valence-electron chi connectivity index (χ3n) is 6.19.